The quantitative estimate of drug-likeness (QED) is 0.101. The van der Waals surface area contributed by atoms with Crippen molar-refractivity contribution in [2.24, 2.45) is 5.41 Å². The maximum absolute atomic E-state index is 6.46. The van der Waals surface area contributed by atoms with Gasteiger partial charge in [-0.15, -0.1) is 54.1 Å². The van der Waals surface area contributed by atoms with Crippen LogP contribution < -0.4 is 5.19 Å². The van der Waals surface area contributed by atoms with Crippen LogP contribution in [0.25, 0.3) is 66.0 Å². The van der Waals surface area contributed by atoms with Gasteiger partial charge in [0.15, 0.2) is 0 Å². The fraction of sp³-hybridized carbons (Fsp3) is 0.182. The Labute approximate surface area is 303 Å². The first-order valence-electron chi connectivity index (χ1n) is 16.6. The fourth-order valence-corrected chi connectivity index (χ4v) is 7.35. The zero-order valence-electron chi connectivity index (χ0n) is 28.9. The van der Waals surface area contributed by atoms with Gasteiger partial charge in [0.05, 0.1) is 13.7 Å². The molecule has 0 spiro atoms. The molecule has 3 aromatic heterocycles. The van der Waals surface area contributed by atoms with Gasteiger partial charge in [-0.05, 0) is 68.2 Å². The molecular weight excluding hydrogens is 793 g/mol. The number of hydrogen-bond donors (Lipinski definition) is 0. The summed E-state index contributed by atoms with van der Waals surface area (Å²) in [5.41, 5.74) is 7.14. The van der Waals surface area contributed by atoms with Crippen LogP contribution in [0.1, 0.15) is 26.3 Å². The molecule has 0 atom stereocenters. The monoisotopic (exact) mass is 833 g/mol. The van der Waals surface area contributed by atoms with Gasteiger partial charge >= 0.3 is 0 Å². The summed E-state index contributed by atoms with van der Waals surface area (Å²) in [6, 6.07) is 44.5. The number of benzene rings is 5. The van der Waals surface area contributed by atoms with Crippen molar-refractivity contribution in [1.29, 1.82) is 0 Å². The molecule has 0 aliphatic rings. The van der Waals surface area contributed by atoms with Gasteiger partial charge < -0.3 is 14.4 Å². The van der Waals surface area contributed by atoms with Gasteiger partial charge in [0.1, 0.15) is 5.58 Å². The first-order valence-corrected chi connectivity index (χ1v) is 20.1. The average Bonchev–Trinajstić information content (AvgIpc) is 3.45. The third-order valence-corrected chi connectivity index (χ3v) is 10.8. The standard InChI is InChI=1S/C30H24NO.C14H16NSi.Ir/c1-30(2,3)18-19-13-14-31-27(15-19)24-10-6-9-23-26-16-21-12-11-20-7-4-5-8-22(20)25(21)17-28(26)32-29(23)24;1-16(2,3)13-9-10-14(15-11-13)12-7-5-4-6-8-12;/h4-9,11-17H,18H2,1-3H3;4-7,9-11H,1-3H3;/q2*-1;. The van der Waals surface area contributed by atoms with E-state index in [9.17, 15) is 0 Å². The SMILES string of the molecule is CC(C)(C)Cc1ccnc(-c2[c-]ccc3c2oc2cc4c(ccc5ccccc54)cc23)c1.C[Si](C)(C)c1ccc(-c2[c-]cccc2)nc1.[Ir]. The summed E-state index contributed by atoms with van der Waals surface area (Å²) >= 11 is 0. The Bertz CT molecular complexity index is 2380. The molecule has 0 aliphatic carbocycles. The molecule has 49 heavy (non-hydrogen) atoms. The van der Waals surface area contributed by atoms with Crippen molar-refractivity contribution in [3.63, 3.8) is 0 Å². The molecule has 0 saturated heterocycles. The van der Waals surface area contributed by atoms with E-state index in [1.54, 1.807) is 0 Å². The van der Waals surface area contributed by atoms with Crippen LogP contribution in [0.15, 0.2) is 126 Å². The molecule has 1 radical (unpaired) electrons. The van der Waals surface area contributed by atoms with Gasteiger partial charge in [0.2, 0.25) is 0 Å². The van der Waals surface area contributed by atoms with Gasteiger partial charge in [-0.25, -0.2) is 0 Å². The normalized spacial score (nSPS) is 11.8. The van der Waals surface area contributed by atoms with Gasteiger partial charge in [0, 0.05) is 37.9 Å². The smallest absolute Gasteiger partial charge is 0.121 e. The molecular formula is C44H40IrN2OSi-2. The third-order valence-electron chi connectivity index (χ3n) is 8.73. The van der Waals surface area contributed by atoms with E-state index in [1.165, 1.54) is 32.3 Å². The van der Waals surface area contributed by atoms with Gasteiger partial charge in [-0.3, -0.25) is 0 Å². The Balaban J connectivity index is 0.000000208. The first kappa shape index (κ1) is 34.4. The van der Waals surface area contributed by atoms with Crippen molar-refractivity contribution < 1.29 is 24.5 Å². The number of hydrogen-bond acceptors (Lipinski definition) is 3. The Morgan fingerprint density at radius 2 is 1.47 bits per heavy atom. The average molecular weight is 833 g/mol. The van der Waals surface area contributed by atoms with Gasteiger partial charge in [-0.2, -0.15) is 0 Å². The summed E-state index contributed by atoms with van der Waals surface area (Å²) in [6.07, 6.45) is 4.91. The minimum atomic E-state index is -1.23. The number of fused-ring (bicyclic) bond motifs is 6. The Morgan fingerprint density at radius 1 is 0.673 bits per heavy atom. The van der Waals surface area contributed by atoms with Crippen LogP contribution in [0.4, 0.5) is 0 Å². The second-order valence-corrected chi connectivity index (χ2v) is 19.9. The molecule has 0 unspecified atom stereocenters. The summed E-state index contributed by atoms with van der Waals surface area (Å²) in [7, 11) is -1.23. The molecule has 5 heteroatoms. The predicted octanol–water partition coefficient (Wildman–Crippen LogP) is 11.4. The van der Waals surface area contributed by atoms with Crippen LogP contribution in [0.3, 0.4) is 0 Å². The number of furan rings is 1. The molecule has 8 aromatic rings. The van der Waals surface area contributed by atoms with Crippen LogP contribution in [-0.2, 0) is 26.5 Å². The molecule has 0 saturated carbocycles. The van der Waals surface area contributed by atoms with Crippen molar-refractivity contribution >= 4 is 56.7 Å². The van der Waals surface area contributed by atoms with Crippen LogP contribution >= 0.6 is 0 Å². The van der Waals surface area contributed by atoms with Crippen molar-refractivity contribution in [2.45, 2.75) is 46.8 Å². The number of aromatic nitrogens is 2. The van der Waals surface area contributed by atoms with Crippen LogP contribution in [0, 0.1) is 17.5 Å². The largest absolute Gasteiger partial charge is 0.501 e. The van der Waals surface area contributed by atoms with Crippen molar-refractivity contribution in [2.75, 3.05) is 0 Å². The second kappa shape index (κ2) is 13.8. The van der Waals surface area contributed by atoms with E-state index in [2.05, 4.69) is 141 Å². The van der Waals surface area contributed by atoms with E-state index >= 15 is 0 Å². The minimum absolute atomic E-state index is 0. The van der Waals surface area contributed by atoms with Gasteiger partial charge in [0.25, 0.3) is 0 Å². The second-order valence-electron chi connectivity index (χ2n) is 14.8. The van der Waals surface area contributed by atoms with Crippen LogP contribution in [0.2, 0.25) is 19.6 Å². The molecule has 0 amide bonds. The zero-order valence-corrected chi connectivity index (χ0v) is 32.3. The van der Waals surface area contributed by atoms with E-state index in [0.717, 1.165) is 50.9 Å². The Kier molecular flexibility index (Phi) is 9.73. The predicted molar refractivity (Wildman–Crippen MR) is 205 cm³/mol. The number of rotatable bonds is 4. The molecule has 0 fully saturated rings. The maximum atomic E-state index is 6.46. The molecule has 0 aliphatic heterocycles. The van der Waals surface area contributed by atoms with Crippen molar-refractivity contribution in [3.05, 3.63) is 139 Å². The summed E-state index contributed by atoms with van der Waals surface area (Å²) in [4.78, 5) is 9.18. The summed E-state index contributed by atoms with van der Waals surface area (Å²) in [6.45, 7) is 13.8. The summed E-state index contributed by atoms with van der Waals surface area (Å²) < 4.78 is 6.46. The molecule has 3 heterocycles. The van der Waals surface area contributed by atoms with E-state index in [4.69, 9.17) is 4.42 Å². The number of pyridine rings is 2. The van der Waals surface area contributed by atoms with E-state index in [0.29, 0.717) is 0 Å². The molecule has 3 nitrogen and oxygen atoms in total. The maximum Gasteiger partial charge on any atom is 0.121 e. The Hall–Kier alpha value is -4.41. The van der Waals surface area contributed by atoms with Crippen molar-refractivity contribution in [1.82, 2.24) is 9.97 Å². The zero-order chi connectivity index (χ0) is 33.5. The van der Waals surface area contributed by atoms with Crippen molar-refractivity contribution in [3.8, 4) is 22.5 Å². The fourth-order valence-electron chi connectivity index (χ4n) is 6.32. The van der Waals surface area contributed by atoms with Crippen LogP contribution in [-0.4, -0.2) is 18.0 Å². The molecule has 8 rings (SSSR count). The topological polar surface area (TPSA) is 38.9 Å². The molecule has 5 aromatic carbocycles. The molecule has 0 bridgehead atoms. The number of nitrogens with zero attached hydrogens (tertiary/aromatic N) is 2. The van der Waals surface area contributed by atoms with E-state index in [1.807, 2.05) is 42.7 Å². The summed E-state index contributed by atoms with van der Waals surface area (Å²) in [5.74, 6) is 0. The first-order chi connectivity index (χ1) is 23.0. The van der Waals surface area contributed by atoms with E-state index < -0.39 is 8.07 Å². The summed E-state index contributed by atoms with van der Waals surface area (Å²) in [5, 5.41) is 8.55. The minimum Gasteiger partial charge on any atom is -0.501 e. The molecule has 0 N–H and O–H groups in total. The van der Waals surface area contributed by atoms with E-state index in [-0.39, 0.29) is 25.5 Å². The van der Waals surface area contributed by atoms with Crippen LogP contribution in [0.5, 0.6) is 0 Å². The Morgan fingerprint density at radius 3 is 2.20 bits per heavy atom. The molecule has 247 valence electrons. The van der Waals surface area contributed by atoms with Gasteiger partial charge in [-0.1, -0.05) is 112 Å². The third kappa shape index (κ3) is 7.45.